The van der Waals surface area contributed by atoms with E-state index in [1.54, 1.807) is 0 Å². The van der Waals surface area contributed by atoms with E-state index in [0.717, 1.165) is 115 Å². The second-order valence-corrected chi connectivity index (χ2v) is 34.0. The highest BCUT2D eigenvalue weighted by molar-refractivity contribution is 14.1. The number of carboxylic acid groups (broad SMARTS) is 1. The fraction of sp³-hybridized carbons (Fsp3) is 0.882. The molecular weight excluding hydrogens is 1070 g/mol. The van der Waals surface area contributed by atoms with Crippen molar-refractivity contribution < 1.29 is 39.2 Å². The molecule has 0 unspecified atom stereocenters. The fourth-order valence-electron chi connectivity index (χ4n) is 21.1. The Bertz CT molecular complexity index is 2400. The van der Waals surface area contributed by atoms with Gasteiger partial charge in [0.25, 0.3) is 0 Å². The number of alkyl halides is 1. The Morgan fingerprint density at radius 2 is 0.909 bits per heavy atom. The number of carbonyl (C=O) groups excluding carboxylic acids is 3. The molecule has 77 heavy (non-hydrogen) atoms. The lowest BCUT2D eigenvalue weighted by molar-refractivity contribution is -0.203. The normalized spacial score (nSPS) is 49.1. The van der Waals surface area contributed by atoms with Crippen LogP contribution in [0, 0.1) is 112 Å². The molecule has 0 aromatic carbocycles. The van der Waals surface area contributed by atoms with Crippen LogP contribution in [-0.2, 0) is 23.9 Å². The summed E-state index contributed by atoms with van der Waals surface area (Å²) >= 11 is 2.38. The third kappa shape index (κ3) is 9.25. The summed E-state index contributed by atoms with van der Waals surface area (Å²) in [5.41, 5.74) is 0.691. The number of halogens is 1. The fourth-order valence-corrected chi connectivity index (χ4v) is 21.1. The first-order valence-corrected chi connectivity index (χ1v) is 32.6. The van der Waals surface area contributed by atoms with E-state index in [0.29, 0.717) is 36.6 Å². The standard InChI is InChI=1S/C34H54O4.C30H46O4.C4H9I/c1-21(2)20-38-28(37)31(6)15-14-30(5)16-17-33(8)22(23(30)19-31)18-24(35)27-32(7)12-11-26(36)29(3,4)25(32)10-13-34(27,33)9;1-25(2)21-8-11-30(7)23(28(21,5)10-9-22(25)32)20(31)16-18-19-17-27(4,24(33)34)13-12-26(19,3)14-15-29(18,30)6;1-4(2)3-5/h18,21,23,25-27,36H,10-17,19-20H2,1-9H3;16,19,21-23,32H,8-15,17H2,1-7H3,(H,33,34);4H,3H2,1-2H3/t23-,25+,26+,27-,30-,31+,32+,33-,34-;19-,21+,22+,23-,26-,27+,28+,29-,30-;/m11./s1. The maximum atomic E-state index is 14.4. The predicted molar refractivity (Wildman–Crippen MR) is 318 cm³/mol. The minimum Gasteiger partial charge on any atom is -0.481 e. The summed E-state index contributed by atoms with van der Waals surface area (Å²) in [6.07, 6.45) is 20.5. The zero-order chi connectivity index (χ0) is 57.5. The number of allylic oxidation sites excluding steroid dienone is 4. The van der Waals surface area contributed by atoms with Gasteiger partial charge in [-0.25, -0.2) is 0 Å². The number of fused-ring (bicyclic) bond motifs is 14. The molecular formula is C68H109IO8. The molecule has 0 saturated heterocycles. The molecule has 10 aliphatic carbocycles. The van der Waals surface area contributed by atoms with Gasteiger partial charge >= 0.3 is 11.9 Å². The summed E-state index contributed by atoms with van der Waals surface area (Å²) in [5.74, 6) is 2.10. The van der Waals surface area contributed by atoms with Gasteiger partial charge in [-0.05, 0) is 231 Å². The quantitative estimate of drug-likeness (QED) is 0.141. The SMILES string of the molecule is CC(C)CI.CC(C)COC(=O)[C@@]1(C)CC[C@]2(C)CC[C@]3(C)C(=CC(=O)[C@@H]4[C@@]5(C)CC[C@H](O)C(C)(C)[C@@H]5CC[C@]43C)[C@H]2C1.CC1(C)[C@@H](O)CC[C@]2(C)[C@H]3C(=O)C=C4[C@H]5C[C@@](C)(C(=O)O)CC[C@]5(C)CC[C@@]4(C)[C@]3(C)CC[C@@H]12. The van der Waals surface area contributed by atoms with Crippen LogP contribution in [0.2, 0.25) is 0 Å². The Morgan fingerprint density at radius 3 is 1.27 bits per heavy atom. The molecule has 18 atom stereocenters. The maximum Gasteiger partial charge on any atom is 0.311 e. The molecule has 0 spiro atoms. The molecule has 436 valence electrons. The zero-order valence-corrected chi connectivity index (χ0v) is 54.0. The number of carbonyl (C=O) groups is 4. The molecule has 10 aliphatic rings. The molecule has 0 heterocycles. The molecule has 8 saturated carbocycles. The number of aliphatic carboxylic acids is 1. The van der Waals surface area contributed by atoms with Gasteiger partial charge in [-0.3, -0.25) is 19.2 Å². The molecule has 9 heteroatoms. The minimum absolute atomic E-state index is 0.00962. The van der Waals surface area contributed by atoms with E-state index in [1.165, 1.54) is 15.6 Å². The van der Waals surface area contributed by atoms with Crippen LogP contribution in [0.1, 0.15) is 240 Å². The van der Waals surface area contributed by atoms with E-state index in [1.807, 2.05) is 13.0 Å². The summed E-state index contributed by atoms with van der Waals surface area (Å²) < 4.78 is 7.08. The number of aliphatic hydroxyl groups excluding tert-OH is 2. The van der Waals surface area contributed by atoms with Crippen molar-refractivity contribution in [2.45, 2.75) is 252 Å². The van der Waals surface area contributed by atoms with Crippen molar-refractivity contribution >= 4 is 46.1 Å². The number of rotatable bonds is 5. The number of ketones is 2. The van der Waals surface area contributed by atoms with Gasteiger partial charge in [-0.2, -0.15) is 0 Å². The lowest BCUT2D eigenvalue weighted by Crippen LogP contribution is -2.66. The van der Waals surface area contributed by atoms with Crippen LogP contribution in [0.5, 0.6) is 0 Å². The molecule has 0 aromatic heterocycles. The second-order valence-electron chi connectivity index (χ2n) is 33.1. The van der Waals surface area contributed by atoms with E-state index in [9.17, 15) is 34.5 Å². The van der Waals surface area contributed by atoms with Crippen LogP contribution >= 0.6 is 22.6 Å². The summed E-state index contributed by atoms with van der Waals surface area (Å²) in [6.45, 7) is 41.2. The molecule has 8 nitrogen and oxygen atoms in total. The Morgan fingerprint density at radius 1 is 0.545 bits per heavy atom. The Hall–Kier alpha value is -1.59. The number of ether oxygens (including phenoxy) is 1. The van der Waals surface area contributed by atoms with Gasteiger partial charge in [0.15, 0.2) is 11.6 Å². The molecule has 0 radical (unpaired) electrons. The highest BCUT2D eigenvalue weighted by Crippen LogP contribution is 2.77. The van der Waals surface area contributed by atoms with Gasteiger partial charge in [0.2, 0.25) is 0 Å². The number of hydrogen-bond acceptors (Lipinski definition) is 7. The topological polar surface area (TPSA) is 138 Å². The van der Waals surface area contributed by atoms with Crippen LogP contribution in [0.3, 0.4) is 0 Å². The van der Waals surface area contributed by atoms with Crippen LogP contribution in [-0.4, -0.2) is 62.1 Å². The van der Waals surface area contributed by atoms with Crippen molar-refractivity contribution in [3.8, 4) is 0 Å². The van der Waals surface area contributed by atoms with E-state index >= 15 is 0 Å². The lowest BCUT2D eigenvalue weighted by atomic mass is 9.33. The summed E-state index contributed by atoms with van der Waals surface area (Å²) in [6, 6.07) is 0. The van der Waals surface area contributed by atoms with Gasteiger partial charge in [-0.15, -0.1) is 0 Å². The van der Waals surface area contributed by atoms with E-state index in [2.05, 4.69) is 146 Å². The summed E-state index contributed by atoms with van der Waals surface area (Å²) in [4.78, 5) is 54.2. The van der Waals surface area contributed by atoms with Crippen molar-refractivity contribution in [2.75, 3.05) is 11.0 Å². The molecule has 3 N–H and O–H groups in total. The van der Waals surface area contributed by atoms with Crippen molar-refractivity contribution in [3.63, 3.8) is 0 Å². The number of aliphatic hydroxyl groups is 2. The third-order valence-corrected chi connectivity index (χ3v) is 28.7. The number of carboxylic acids is 1. The average molecular weight is 1180 g/mol. The average Bonchev–Trinajstić information content (AvgIpc) is 3.45. The molecule has 0 aliphatic heterocycles. The lowest BCUT2D eigenvalue weighted by Gasteiger charge is -2.70. The van der Waals surface area contributed by atoms with Gasteiger partial charge in [0.1, 0.15) is 0 Å². The van der Waals surface area contributed by atoms with Crippen molar-refractivity contribution in [2.24, 2.45) is 112 Å². The van der Waals surface area contributed by atoms with E-state index in [-0.39, 0.29) is 102 Å². The van der Waals surface area contributed by atoms with Crippen molar-refractivity contribution in [1.29, 1.82) is 0 Å². The van der Waals surface area contributed by atoms with Crippen molar-refractivity contribution in [3.05, 3.63) is 23.3 Å². The van der Waals surface area contributed by atoms with Gasteiger partial charge in [-0.1, -0.05) is 145 Å². The van der Waals surface area contributed by atoms with Gasteiger partial charge in [0.05, 0.1) is 29.6 Å². The monoisotopic (exact) mass is 1180 g/mol. The first kappa shape index (κ1) is 61.5. The molecule has 10 rings (SSSR count). The highest BCUT2D eigenvalue weighted by Gasteiger charge is 2.72. The minimum atomic E-state index is -0.711. The third-order valence-electron chi connectivity index (χ3n) is 27.0. The molecule has 0 amide bonds. The van der Waals surface area contributed by atoms with Crippen LogP contribution in [0.15, 0.2) is 23.3 Å². The van der Waals surface area contributed by atoms with Crippen molar-refractivity contribution in [1.82, 2.24) is 0 Å². The number of esters is 1. The van der Waals surface area contributed by atoms with E-state index in [4.69, 9.17) is 4.74 Å². The molecule has 0 bridgehead atoms. The Balaban J connectivity index is 0.000000188. The first-order valence-electron chi connectivity index (χ1n) is 31.1. The predicted octanol–water partition coefficient (Wildman–Crippen LogP) is 16.0. The highest BCUT2D eigenvalue weighted by atomic mass is 127. The number of hydrogen-bond donors (Lipinski definition) is 3. The molecule has 0 aromatic rings. The first-order chi connectivity index (χ1) is 35.3. The van der Waals surface area contributed by atoms with E-state index < -0.39 is 16.8 Å². The Labute approximate surface area is 481 Å². The van der Waals surface area contributed by atoms with Gasteiger partial charge in [0, 0.05) is 16.3 Å². The van der Waals surface area contributed by atoms with Crippen LogP contribution in [0.25, 0.3) is 0 Å². The summed E-state index contributed by atoms with van der Waals surface area (Å²) in [5, 5.41) is 31.9. The second kappa shape index (κ2) is 20.1. The van der Waals surface area contributed by atoms with Crippen LogP contribution < -0.4 is 0 Å². The van der Waals surface area contributed by atoms with Gasteiger partial charge < -0.3 is 20.1 Å². The smallest absolute Gasteiger partial charge is 0.311 e. The maximum absolute atomic E-state index is 14.4. The van der Waals surface area contributed by atoms with Crippen LogP contribution in [0.4, 0.5) is 0 Å². The largest absolute Gasteiger partial charge is 0.481 e. The summed E-state index contributed by atoms with van der Waals surface area (Å²) in [7, 11) is 0. The molecule has 8 fully saturated rings. The Kier molecular flexibility index (Phi) is 16.0. The zero-order valence-electron chi connectivity index (χ0n) is 51.8.